The fraction of sp³-hybridized carbons (Fsp3) is 1.00. The summed E-state index contributed by atoms with van der Waals surface area (Å²) in [6.07, 6.45) is 20.8. The molecule has 0 radical (unpaired) electrons. The Bertz CT molecular complexity index is 352. The van der Waals surface area contributed by atoms with Crippen molar-refractivity contribution in [3.63, 3.8) is 0 Å². The molecule has 0 aliphatic rings. The van der Waals surface area contributed by atoms with Gasteiger partial charge in [0.25, 0.3) is 10.1 Å². The van der Waals surface area contributed by atoms with Crippen molar-refractivity contribution in [3.8, 4) is 0 Å². The first-order valence-corrected chi connectivity index (χ1v) is 12.1. The smallest absolute Gasteiger partial charge is 0.264 e. The van der Waals surface area contributed by atoms with Gasteiger partial charge in [-0.25, -0.2) is 0 Å². The van der Waals surface area contributed by atoms with Crippen molar-refractivity contribution in [2.75, 3.05) is 12.9 Å². The minimum Gasteiger partial charge on any atom is -0.270 e. The van der Waals surface area contributed by atoms with Gasteiger partial charge in [0.1, 0.15) is 0 Å². The van der Waals surface area contributed by atoms with Gasteiger partial charge in [0.15, 0.2) is 0 Å². The fourth-order valence-corrected chi connectivity index (χ4v) is 3.53. The molecule has 3 nitrogen and oxygen atoms in total. The van der Waals surface area contributed by atoms with Crippen LogP contribution in [0.4, 0.5) is 0 Å². The third-order valence-corrected chi connectivity index (χ3v) is 5.28. The van der Waals surface area contributed by atoms with E-state index in [1.807, 2.05) is 0 Å². The Morgan fingerprint density at radius 1 is 0.708 bits per heavy atom. The molecule has 0 aliphatic heterocycles. The van der Waals surface area contributed by atoms with Crippen LogP contribution in [0.15, 0.2) is 0 Å². The molecule has 0 spiro atoms. The van der Waals surface area contributed by atoms with Crippen molar-refractivity contribution in [2.45, 2.75) is 110 Å². The molecule has 0 amide bonds. The zero-order valence-corrected chi connectivity index (χ0v) is 17.3. The molecular weight excluding hydrogens is 320 g/mol. The van der Waals surface area contributed by atoms with Crippen LogP contribution in [0.5, 0.6) is 0 Å². The van der Waals surface area contributed by atoms with Crippen molar-refractivity contribution in [1.82, 2.24) is 0 Å². The van der Waals surface area contributed by atoms with Crippen molar-refractivity contribution in [2.24, 2.45) is 5.92 Å². The van der Waals surface area contributed by atoms with E-state index in [0.717, 1.165) is 25.0 Å². The van der Waals surface area contributed by atoms with Crippen LogP contribution in [-0.4, -0.2) is 21.3 Å². The van der Waals surface area contributed by atoms with Crippen molar-refractivity contribution in [1.29, 1.82) is 0 Å². The first-order chi connectivity index (χ1) is 11.5. The highest BCUT2D eigenvalue weighted by Gasteiger charge is 2.03. The summed E-state index contributed by atoms with van der Waals surface area (Å²) in [4.78, 5) is 0. The van der Waals surface area contributed by atoms with E-state index in [2.05, 4.69) is 13.8 Å². The lowest BCUT2D eigenvalue weighted by Crippen LogP contribution is -2.04. The summed E-state index contributed by atoms with van der Waals surface area (Å²) >= 11 is 0. The van der Waals surface area contributed by atoms with Gasteiger partial charge in [0.05, 0.1) is 12.9 Å². The molecule has 0 unspecified atom stereocenters. The summed E-state index contributed by atoms with van der Waals surface area (Å²) in [5, 5.41) is 0. The Labute approximate surface area is 152 Å². The number of hydrogen-bond donors (Lipinski definition) is 0. The average Bonchev–Trinajstić information content (AvgIpc) is 2.51. The van der Waals surface area contributed by atoms with E-state index in [4.69, 9.17) is 4.18 Å². The Balaban J connectivity index is 3.22. The Kier molecular flexibility index (Phi) is 16.3. The van der Waals surface area contributed by atoms with Gasteiger partial charge in [0.2, 0.25) is 0 Å². The largest absolute Gasteiger partial charge is 0.270 e. The molecule has 0 fully saturated rings. The molecule has 146 valence electrons. The van der Waals surface area contributed by atoms with Crippen LogP contribution in [0.3, 0.4) is 0 Å². The van der Waals surface area contributed by atoms with Crippen LogP contribution in [0.1, 0.15) is 110 Å². The number of hydrogen-bond acceptors (Lipinski definition) is 3. The van der Waals surface area contributed by atoms with Gasteiger partial charge in [0, 0.05) is 0 Å². The van der Waals surface area contributed by atoms with E-state index < -0.39 is 10.1 Å². The molecule has 0 heterocycles. The Hall–Kier alpha value is -0.0900. The molecule has 0 aliphatic carbocycles. The Morgan fingerprint density at radius 3 is 1.58 bits per heavy atom. The van der Waals surface area contributed by atoms with Crippen LogP contribution >= 0.6 is 0 Å². The summed E-state index contributed by atoms with van der Waals surface area (Å²) in [5.74, 6) is 0.835. The van der Waals surface area contributed by atoms with E-state index in [9.17, 15) is 8.42 Å². The minimum atomic E-state index is -3.25. The van der Waals surface area contributed by atoms with E-state index in [-0.39, 0.29) is 0 Å². The molecule has 4 heteroatoms. The summed E-state index contributed by atoms with van der Waals surface area (Å²) in [6.45, 7) is 4.99. The zero-order chi connectivity index (χ0) is 18.1. The second-order valence-corrected chi connectivity index (χ2v) is 9.10. The standard InChI is InChI=1S/C20H42O3S/c1-4-5-6-7-8-9-10-11-14-17-20(2)18-15-12-13-16-19-23-24(3,21)22/h20H,4-19H2,1-3H3/t20-/m1/s1. The minimum absolute atomic E-state index is 0.340. The quantitative estimate of drug-likeness (QED) is 0.207. The van der Waals surface area contributed by atoms with Crippen molar-refractivity contribution >= 4 is 10.1 Å². The second-order valence-electron chi connectivity index (χ2n) is 7.45. The molecular formula is C20H42O3S. The second kappa shape index (κ2) is 16.4. The highest BCUT2D eigenvalue weighted by molar-refractivity contribution is 7.85. The van der Waals surface area contributed by atoms with E-state index in [0.29, 0.717) is 6.61 Å². The highest BCUT2D eigenvalue weighted by Crippen LogP contribution is 2.18. The third-order valence-electron chi connectivity index (χ3n) is 4.69. The third kappa shape index (κ3) is 20.0. The van der Waals surface area contributed by atoms with E-state index in [1.165, 1.54) is 83.5 Å². The van der Waals surface area contributed by atoms with Crippen LogP contribution in [0.25, 0.3) is 0 Å². The number of unbranched alkanes of at least 4 members (excludes halogenated alkanes) is 11. The first kappa shape index (κ1) is 23.9. The van der Waals surface area contributed by atoms with Crippen LogP contribution < -0.4 is 0 Å². The van der Waals surface area contributed by atoms with Gasteiger partial charge in [-0.2, -0.15) is 8.42 Å². The van der Waals surface area contributed by atoms with Crippen LogP contribution in [0.2, 0.25) is 0 Å². The molecule has 0 saturated carbocycles. The molecule has 0 aromatic rings. The van der Waals surface area contributed by atoms with Crippen molar-refractivity contribution in [3.05, 3.63) is 0 Å². The fourth-order valence-electron chi connectivity index (χ4n) is 3.11. The van der Waals surface area contributed by atoms with Crippen LogP contribution in [-0.2, 0) is 14.3 Å². The predicted molar refractivity (Wildman–Crippen MR) is 105 cm³/mol. The lowest BCUT2D eigenvalue weighted by atomic mass is 9.96. The van der Waals surface area contributed by atoms with E-state index >= 15 is 0 Å². The van der Waals surface area contributed by atoms with Crippen LogP contribution in [0, 0.1) is 5.92 Å². The maximum atomic E-state index is 10.8. The van der Waals surface area contributed by atoms with Crippen molar-refractivity contribution < 1.29 is 12.6 Å². The predicted octanol–water partition coefficient (Wildman–Crippen LogP) is 6.47. The summed E-state index contributed by atoms with van der Waals surface area (Å²) in [5.41, 5.74) is 0. The van der Waals surface area contributed by atoms with Gasteiger partial charge in [-0.15, -0.1) is 0 Å². The maximum Gasteiger partial charge on any atom is 0.264 e. The zero-order valence-electron chi connectivity index (χ0n) is 16.5. The molecule has 1 atom stereocenters. The molecule has 0 rings (SSSR count). The van der Waals surface area contributed by atoms with Gasteiger partial charge in [-0.05, 0) is 12.3 Å². The lowest BCUT2D eigenvalue weighted by molar-refractivity contribution is 0.308. The summed E-state index contributed by atoms with van der Waals surface area (Å²) < 4.78 is 26.4. The SMILES string of the molecule is CCCCCCCCCCC[C@@H](C)CCCCCCOS(C)(=O)=O. The molecule has 0 aromatic carbocycles. The lowest BCUT2D eigenvalue weighted by Gasteiger charge is -2.11. The van der Waals surface area contributed by atoms with Gasteiger partial charge in [-0.1, -0.05) is 104 Å². The highest BCUT2D eigenvalue weighted by atomic mass is 32.2. The molecule has 24 heavy (non-hydrogen) atoms. The molecule has 0 aromatic heterocycles. The molecule has 0 N–H and O–H groups in total. The number of rotatable bonds is 18. The summed E-state index contributed by atoms with van der Waals surface area (Å²) in [6, 6.07) is 0. The average molecular weight is 363 g/mol. The summed E-state index contributed by atoms with van der Waals surface area (Å²) in [7, 11) is -3.25. The molecule has 0 bridgehead atoms. The Morgan fingerprint density at radius 2 is 1.12 bits per heavy atom. The van der Waals surface area contributed by atoms with Gasteiger partial charge < -0.3 is 0 Å². The van der Waals surface area contributed by atoms with E-state index in [1.54, 1.807) is 0 Å². The first-order valence-electron chi connectivity index (χ1n) is 10.3. The van der Waals surface area contributed by atoms with Gasteiger partial charge in [-0.3, -0.25) is 4.18 Å². The normalized spacial score (nSPS) is 13.3. The monoisotopic (exact) mass is 362 g/mol. The van der Waals surface area contributed by atoms with Gasteiger partial charge >= 0.3 is 0 Å². The molecule has 0 saturated heterocycles. The maximum absolute atomic E-state index is 10.8. The topological polar surface area (TPSA) is 43.4 Å².